The number of aliphatic hydroxyl groups is 3. The van der Waals surface area contributed by atoms with E-state index in [0.29, 0.717) is 5.17 Å². The van der Waals surface area contributed by atoms with Crippen LogP contribution in [0.4, 0.5) is 13.2 Å². The molecule has 5 nitrogen and oxygen atoms in total. The minimum Gasteiger partial charge on any atom is -0.390 e. The van der Waals surface area contributed by atoms with Crippen molar-refractivity contribution >= 4 is 16.9 Å². The predicted octanol–water partition coefficient (Wildman–Crippen LogP) is 0.0529. The first kappa shape index (κ1) is 15.9. The van der Waals surface area contributed by atoms with Crippen molar-refractivity contribution in [3.63, 3.8) is 0 Å². The van der Waals surface area contributed by atoms with Crippen molar-refractivity contribution in [2.75, 3.05) is 14.1 Å². The Morgan fingerprint density at radius 3 is 2.40 bits per heavy atom. The van der Waals surface area contributed by atoms with Crippen LogP contribution in [0.15, 0.2) is 4.99 Å². The average molecular weight is 314 g/mol. The number of halogens is 3. The zero-order valence-corrected chi connectivity index (χ0v) is 11.8. The van der Waals surface area contributed by atoms with Crippen molar-refractivity contribution in [2.24, 2.45) is 10.9 Å². The van der Waals surface area contributed by atoms with E-state index in [4.69, 9.17) is 0 Å². The van der Waals surface area contributed by atoms with Crippen LogP contribution >= 0.6 is 11.8 Å². The molecule has 0 bridgehead atoms. The van der Waals surface area contributed by atoms with Gasteiger partial charge in [0.05, 0.1) is 12.1 Å². The topological polar surface area (TPSA) is 76.3 Å². The number of aliphatic imine (C=N–C) groups is 1. The maximum absolute atomic E-state index is 12.6. The second-order valence-corrected chi connectivity index (χ2v) is 6.53. The number of fused-ring (bicyclic) bond motifs is 1. The van der Waals surface area contributed by atoms with E-state index >= 15 is 0 Å². The molecule has 0 unspecified atom stereocenters. The zero-order valence-electron chi connectivity index (χ0n) is 10.9. The molecule has 6 atom stereocenters. The van der Waals surface area contributed by atoms with Crippen LogP contribution in [0.25, 0.3) is 0 Å². The smallest absolute Gasteiger partial charge is 0.390 e. The number of thioether (sulfide) groups is 1. The number of amidine groups is 1. The highest BCUT2D eigenvalue weighted by Crippen LogP contribution is 2.43. The highest BCUT2D eigenvalue weighted by atomic mass is 32.2. The van der Waals surface area contributed by atoms with Crippen molar-refractivity contribution in [1.29, 1.82) is 0 Å². The molecule has 1 aliphatic carbocycles. The minimum absolute atomic E-state index is 0.0466. The van der Waals surface area contributed by atoms with Gasteiger partial charge in [-0.3, -0.25) is 4.99 Å². The summed E-state index contributed by atoms with van der Waals surface area (Å²) in [6.45, 7) is 0. The Hall–Kier alpha value is -0.510. The molecule has 0 radical (unpaired) electrons. The second-order valence-electron chi connectivity index (χ2n) is 5.32. The quantitative estimate of drug-likeness (QED) is 0.638. The van der Waals surface area contributed by atoms with Gasteiger partial charge in [-0.2, -0.15) is 13.2 Å². The maximum atomic E-state index is 12.6. The molecule has 9 heteroatoms. The Morgan fingerprint density at radius 2 is 1.90 bits per heavy atom. The first-order valence-corrected chi connectivity index (χ1v) is 7.03. The molecule has 3 N–H and O–H groups in total. The molecular formula is C11H17F3N2O3S. The molecule has 2 rings (SSSR count). The van der Waals surface area contributed by atoms with Crippen LogP contribution in [0.1, 0.15) is 6.42 Å². The Morgan fingerprint density at radius 1 is 1.30 bits per heavy atom. The number of alkyl halides is 3. The molecule has 0 amide bonds. The van der Waals surface area contributed by atoms with Crippen LogP contribution in [-0.2, 0) is 0 Å². The van der Waals surface area contributed by atoms with Crippen LogP contribution in [-0.4, -0.2) is 75.3 Å². The van der Waals surface area contributed by atoms with Crippen molar-refractivity contribution < 1.29 is 28.5 Å². The van der Waals surface area contributed by atoms with E-state index in [1.807, 2.05) is 0 Å². The average Bonchev–Trinajstić information content (AvgIpc) is 2.76. The van der Waals surface area contributed by atoms with Gasteiger partial charge in [-0.1, -0.05) is 11.8 Å². The molecule has 1 fully saturated rings. The van der Waals surface area contributed by atoms with Gasteiger partial charge in [0, 0.05) is 25.3 Å². The summed E-state index contributed by atoms with van der Waals surface area (Å²) in [6, 6.07) is -0.635. The lowest BCUT2D eigenvalue weighted by atomic mass is 9.78. The number of nitrogens with zero attached hydrogens (tertiary/aromatic N) is 2. The van der Waals surface area contributed by atoms with Gasteiger partial charge in [0.15, 0.2) is 11.3 Å². The third kappa shape index (κ3) is 2.76. The molecule has 1 saturated carbocycles. The summed E-state index contributed by atoms with van der Waals surface area (Å²) < 4.78 is 37.8. The molecule has 0 aromatic rings. The zero-order chi connectivity index (χ0) is 15.2. The van der Waals surface area contributed by atoms with Gasteiger partial charge < -0.3 is 20.2 Å². The van der Waals surface area contributed by atoms with E-state index in [2.05, 4.69) is 4.99 Å². The lowest BCUT2D eigenvalue weighted by Gasteiger charge is -2.40. The number of rotatable bonds is 1. The Balaban J connectivity index is 2.17. The van der Waals surface area contributed by atoms with Gasteiger partial charge >= 0.3 is 6.18 Å². The maximum Gasteiger partial charge on any atom is 0.414 e. The monoisotopic (exact) mass is 314 g/mol. The van der Waals surface area contributed by atoms with Gasteiger partial charge in [0.2, 0.25) is 0 Å². The fourth-order valence-electron chi connectivity index (χ4n) is 2.57. The first-order chi connectivity index (χ1) is 9.12. The fourth-order valence-corrected chi connectivity index (χ4v) is 3.92. The summed E-state index contributed by atoms with van der Waals surface area (Å²) in [6.07, 6.45) is -10.5. The van der Waals surface area contributed by atoms with Crippen molar-refractivity contribution in [3.8, 4) is 0 Å². The van der Waals surface area contributed by atoms with E-state index in [1.165, 1.54) is 11.8 Å². The van der Waals surface area contributed by atoms with E-state index in [9.17, 15) is 28.5 Å². The molecular weight excluding hydrogens is 297 g/mol. The van der Waals surface area contributed by atoms with Crippen LogP contribution < -0.4 is 0 Å². The summed E-state index contributed by atoms with van der Waals surface area (Å²) in [5.41, 5.74) is 0. The first-order valence-electron chi connectivity index (χ1n) is 6.15. The molecule has 20 heavy (non-hydrogen) atoms. The van der Waals surface area contributed by atoms with E-state index < -0.39 is 36.4 Å². The standard InChI is InChI=1S/C11H17F3N2O3S/c1-16(2)10-15-6-5(20-10)3-4(7(17)8(6)18)9(19)11(12,13)14/h4-9,17-19H,3H2,1-2H3/t4-,5-,6-,7+,8+,9+/m0/s1. The van der Waals surface area contributed by atoms with Crippen LogP contribution in [0.3, 0.4) is 0 Å². The molecule has 0 saturated heterocycles. The Bertz CT molecular complexity index is 405. The summed E-state index contributed by atoms with van der Waals surface area (Å²) in [4.78, 5) is 5.94. The molecule has 0 spiro atoms. The number of aliphatic hydroxyl groups excluding tert-OH is 3. The summed E-state index contributed by atoms with van der Waals surface area (Å²) in [5, 5.41) is 29.4. The Labute approximate surface area is 118 Å². The fraction of sp³-hybridized carbons (Fsp3) is 0.909. The summed E-state index contributed by atoms with van der Waals surface area (Å²) >= 11 is 1.27. The van der Waals surface area contributed by atoms with Gasteiger partial charge in [0.25, 0.3) is 0 Å². The van der Waals surface area contributed by atoms with Gasteiger partial charge in [-0.15, -0.1) is 0 Å². The SMILES string of the molecule is CN(C)C1=N[C@@H]2[C@@H](O)[C@H](O)[C@@H]([C@@H](O)C(F)(F)F)C[C@@H]2S1. The highest BCUT2D eigenvalue weighted by molar-refractivity contribution is 8.14. The predicted molar refractivity (Wildman–Crippen MR) is 68.5 cm³/mol. The molecule has 2 aliphatic rings. The van der Waals surface area contributed by atoms with Crippen LogP contribution in [0.2, 0.25) is 0 Å². The molecule has 1 heterocycles. The normalized spacial score (nSPS) is 39.2. The molecule has 1 aliphatic heterocycles. The number of hydrogen-bond donors (Lipinski definition) is 3. The van der Waals surface area contributed by atoms with Gasteiger partial charge in [-0.25, -0.2) is 0 Å². The lowest BCUT2D eigenvalue weighted by molar-refractivity contribution is -0.238. The van der Waals surface area contributed by atoms with Crippen molar-refractivity contribution in [3.05, 3.63) is 0 Å². The summed E-state index contributed by atoms with van der Waals surface area (Å²) in [7, 11) is 3.49. The summed E-state index contributed by atoms with van der Waals surface area (Å²) in [5.74, 6) is -1.43. The highest BCUT2D eigenvalue weighted by Gasteiger charge is 2.54. The van der Waals surface area contributed by atoms with Gasteiger partial charge in [-0.05, 0) is 6.42 Å². The third-order valence-corrected chi connectivity index (χ3v) is 5.12. The minimum atomic E-state index is -4.81. The lowest BCUT2D eigenvalue weighted by Crippen LogP contribution is -2.56. The van der Waals surface area contributed by atoms with E-state index in [0.717, 1.165) is 0 Å². The third-order valence-electron chi connectivity index (χ3n) is 3.66. The van der Waals surface area contributed by atoms with E-state index in [-0.39, 0.29) is 11.7 Å². The number of hydrogen-bond acceptors (Lipinski definition) is 6. The van der Waals surface area contributed by atoms with E-state index in [1.54, 1.807) is 19.0 Å². The van der Waals surface area contributed by atoms with Crippen LogP contribution in [0.5, 0.6) is 0 Å². The van der Waals surface area contributed by atoms with Crippen molar-refractivity contribution in [2.45, 2.75) is 42.2 Å². The van der Waals surface area contributed by atoms with Gasteiger partial charge in [0.1, 0.15) is 6.10 Å². The largest absolute Gasteiger partial charge is 0.414 e. The molecule has 116 valence electrons. The molecule has 0 aromatic carbocycles. The Kier molecular flexibility index (Phi) is 4.25. The van der Waals surface area contributed by atoms with Crippen LogP contribution in [0, 0.1) is 5.92 Å². The second kappa shape index (κ2) is 5.36. The van der Waals surface area contributed by atoms with Crippen molar-refractivity contribution in [1.82, 2.24) is 4.90 Å². The molecule has 0 aromatic heterocycles.